The highest BCUT2D eigenvalue weighted by Crippen LogP contribution is 2.17. The summed E-state index contributed by atoms with van der Waals surface area (Å²) in [5.41, 5.74) is 1.73. The van der Waals surface area contributed by atoms with Crippen molar-refractivity contribution in [2.75, 3.05) is 19.7 Å². The van der Waals surface area contributed by atoms with Crippen molar-refractivity contribution >= 4 is 18.5 Å². The zero-order valence-corrected chi connectivity index (χ0v) is 11.0. The molecule has 1 saturated heterocycles. The molecule has 1 heterocycles. The van der Waals surface area contributed by atoms with Crippen LogP contribution in [0.15, 0.2) is 23.1 Å². The number of amides is 1. The lowest BCUT2D eigenvalue weighted by molar-refractivity contribution is -0.0124. The first-order valence-electron chi connectivity index (χ1n) is 5.78. The van der Waals surface area contributed by atoms with Gasteiger partial charge in [0, 0.05) is 23.5 Å². The minimum atomic E-state index is 0.0774. The van der Waals surface area contributed by atoms with E-state index in [9.17, 15) is 4.79 Å². The molecule has 0 spiro atoms. The van der Waals surface area contributed by atoms with Crippen molar-refractivity contribution in [2.24, 2.45) is 0 Å². The van der Waals surface area contributed by atoms with Crippen molar-refractivity contribution in [1.82, 2.24) is 4.90 Å². The molecule has 1 amide bonds. The van der Waals surface area contributed by atoms with E-state index in [4.69, 9.17) is 4.74 Å². The van der Waals surface area contributed by atoms with E-state index in [1.165, 1.54) is 0 Å². The first kappa shape index (κ1) is 12.5. The number of hydrogen-bond donors (Lipinski definition) is 1. The maximum absolute atomic E-state index is 12.4. The van der Waals surface area contributed by atoms with Gasteiger partial charge in [-0.1, -0.05) is 6.07 Å². The lowest BCUT2D eigenvalue weighted by Gasteiger charge is -2.31. The normalized spacial score (nSPS) is 20.4. The highest BCUT2D eigenvalue weighted by Gasteiger charge is 2.23. The predicted octanol–water partition coefficient (Wildman–Crippen LogP) is 2.14. The number of carbonyl (C=O) groups is 1. The summed E-state index contributed by atoms with van der Waals surface area (Å²) in [6, 6.07) is 5.66. The van der Waals surface area contributed by atoms with Crippen LogP contribution in [0.1, 0.15) is 22.8 Å². The van der Waals surface area contributed by atoms with Crippen molar-refractivity contribution < 1.29 is 9.53 Å². The molecule has 3 nitrogen and oxygen atoms in total. The first-order chi connectivity index (χ1) is 8.08. The molecule has 0 N–H and O–H groups in total. The molecule has 1 aromatic carbocycles. The quantitative estimate of drug-likeness (QED) is 0.775. The number of ether oxygens (including phenoxy) is 1. The number of benzene rings is 1. The Labute approximate surface area is 107 Å². The minimum absolute atomic E-state index is 0.0774. The number of rotatable bonds is 1. The molecule has 1 unspecified atom stereocenters. The topological polar surface area (TPSA) is 29.5 Å². The van der Waals surface area contributed by atoms with Gasteiger partial charge in [0.25, 0.3) is 5.91 Å². The van der Waals surface area contributed by atoms with Crippen LogP contribution in [0, 0.1) is 6.92 Å². The molecule has 1 atom stereocenters. The second kappa shape index (κ2) is 5.10. The Balaban J connectivity index is 2.21. The van der Waals surface area contributed by atoms with Gasteiger partial charge in [0.15, 0.2) is 0 Å². The van der Waals surface area contributed by atoms with Crippen LogP contribution in [0.4, 0.5) is 0 Å². The molecular weight excluding hydrogens is 234 g/mol. The Kier molecular flexibility index (Phi) is 3.74. The molecule has 0 aliphatic carbocycles. The Morgan fingerprint density at radius 2 is 2.29 bits per heavy atom. The SMILES string of the molecule is Cc1ccc(S)cc1C(=O)N1CCOC(C)C1. The van der Waals surface area contributed by atoms with Gasteiger partial charge in [-0.2, -0.15) is 0 Å². The number of morpholine rings is 1. The highest BCUT2D eigenvalue weighted by atomic mass is 32.1. The molecule has 92 valence electrons. The van der Waals surface area contributed by atoms with Crippen LogP contribution in [-0.2, 0) is 4.74 Å². The molecule has 0 saturated carbocycles. The van der Waals surface area contributed by atoms with Gasteiger partial charge in [-0.25, -0.2) is 0 Å². The standard InChI is InChI=1S/C13H17NO2S/c1-9-3-4-11(17)7-12(9)13(15)14-5-6-16-10(2)8-14/h3-4,7,10,17H,5-6,8H2,1-2H3. The van der Waals surface area contributed by atoms with Gasteiger partial charge in [-0.05, 0) is 31.5 Å². The number of carbonyl (C=O) groups excluding carboxylic acids is 1. The summed E-state index contributed by atoms with van der Waals surface area (Å²) in [5, 5.41) is 0. The highest BCUT2D eigenvalue weighted by molar-refractivity contribution is 7.80. The van der Waals surface area contributed by atoms with Crippen LogP contribution in [-0.4, -0.2) is 36.6 Å². The summed E-state index contributed by atoms with van der Waals surface area (Å²) in [7, 11) is 0. The van der Waals surface area contributed by atoms with E-state index in [0.29, 0.717) is 19.7 Å². The molecule has 0 bridgehead atoms. The zero-order valence-electron chi connectivity index (χ0n) is 10.1. The fraction of sp³-hybridized carbons (Fsp3) is 0.462. The van der Waals surface area contributed by atoms with Gasteiger partial charge in [0.1, 0.15) is 0 Å². The maximum atomic E-state index is 12.4. The van der Waals surface area contributed by atoms with Crippen molar-refractivity contribution in [2.45, 2.75) is 24.8 Å². The Bertz CT molecular complexity index is 433. The molecule has 4 heteroatoms. The van der Waals surface area contributed by atoms with E-state index in [1.54, 1.807) is 0 Å². The van der Waals surface area contributed by atoms with E-state index in [-0.39, 0.29) is 12.0 Å². The van der Waals surface area contributed by atoms with Crippen LogP contribution in [0.2, 0.25) is 0 Å². The Morgan fingerprint density at radius 3 is 3.00 bits per heavy atom. The number of aryl methyl sites for hydroxylation is 1. The number of nitrogens with zero attached hydrogens (tertiary/aromatic N) is 1. The zero-order chi connectivity index (χ0) is 12.4. The minimum Gasteiger partial charge on any atom is -0.375 e. The van der Waals surface area contributed by atoms with Crippen LogP contribution >= 0.6 is 12.6 Å². The summed E-state index contributed by atoms with van der Waals surface area (Å²) in [6.07, 6.45) is 0.118. The smallest absolute Gasteiger partial charge is 0.254 e. The number of thiol groups is 1. The third-order valence-corrected chi connectivity index (χ3v) is 3.26. The van der Waals surface area contributed by atoms with Crippen LogP contribution in [0.25, 0.3) is 0 Å². The third kappa shape index (κ3) is 2.82. The monoisotopic (exact) mass is 251 g/mol. The van der Waals surface area contributed by atoms with Gasteiger partial charge in [0.2, 0.25) is 0 Å². The van der Waals surface area contributed by atoms with Gasteiger partial charge >= 0.3 is 0 Å². The van der Waals surface area contributed by atoms with E-state index in [2.05, 4.69) is 12.6 Å². The molecule has 2 rings (SSSR count). The fourth-order valence-electron chi connectivity index (χ4n) is 2.01. The van der Waals surface area contributed by atoms with Crippen molar-refractivity contribution in [3.05, 3.63) is 29.3 Å². The largest absolute Gasteiger partial charge is 0.375 e. The average molecular weight is 251 g/mol. The summed E-state index contributed by atoms with van der Waals surface area (Å²) in [5.74, 6) is 0.0774. The van der Waals surface area contributed by atoms with E-state index in [0.717, 1.165) is 16.0 Å². The third-order valence-electron chi connectivity index (χ3n) is 2.98. The van der Waals surface area contributed by atoms with Gasteiger partial charge in [-0.15, -0.1) is 12.6 Å². The Hall–Kier alpha value is -1.00. The summed E-state index contributed by atoms with van der Waals surface area (Å²) in [4.78, 5) is 15.0. The van der Waals surface area contributed by atoms with Crippen LogP contribution in [0.5, 0.6) is 0 Å². The number of hydrogen-bond acceptors (Lipinski definition) is 3. The summed E-state index contributed by atoms with van der Waals surface area (Å²) in [6.45, 7) is 5.88. The molecular formula is C13H17NO2S. The lowest BCUT2D eigenvalue weighted by atomic mass is 10.1. The van der Waals surface area contributed by atoms with Gasteiger partial charge in [0.05, 0.1) is 12.7 Å². The molecule has 17 heavy (non-hydrogen) atoms. The van der Waals surface area contributed by atoms with Crippen molar-refractivity contribution in [3.8, 4) is 0 Å². The molecule has 1 aromatic rings. The molecule has 1 aliphatic heterocycles. The second-order valence-electron chi connectivity index (χ2n) is 4.43. The summed E-state index contributed by atoms with van der Waals surface area (Å²) >= 11 is 4.28. The molecule has 0 radical (unpaired) electrons. The first-order valence-corrected chi connectivity index (χ1v) is 6.23. The second-order valence-corrected chi connectivity index (χ2v) is 4.95. The van der Waals surface area contributed by atoms with Crippen molar-refractivity contribution in [3.63, 3.8) is 0 Å². The van der Waals surface area contributed by atoms with Gasteiger partial charge < -0.3 is 9.64 Å². The molecule has 1 fully saturated rings. The van der Waals surface area contributed by atoms with E-state index >= 15 is 0 Å². The Morgan fingerprint density at radius 1 is 1.53 bits per heavy atom. The average Bonchev–Trinajstić information content (AvgIpc) is 2.31. The lowest BCUT2D eigenvalue weighted by Crippen LogP contribution is -2.44. The fourth-order valence-corrected chi connectivity index (χ4v) is 2.22. The van der Waals surface area contributed by atoms with Crippen LogP contribution < -0.4 is 0 Å². The molecule has 1 aliphatic rings. The van der Waals surface area contributed by atoms with Crippen molar-refractivity contribution in [1.29, 1.82) is 0 Å². The summed E-state index contributed by atoms with van der Waals surface area (Å²) < 4.78 is 5.44. The maximum Gasteiger partial charge on any atom is 0.254 e. The molecule has 0 aromatic heterocycles. The van der Waals surface area contributed by atoms with Gasteiger partial charge in [-0.3, -0.25) is 4.79 Å². The van der Waals surface area contributed by atoms with E-state index < -0.39 is 0 Å². The predicted molar refractivity (Wildman–Crippen MR) is 69.7 cm³/mol. The van der Waals surface area contributed by atoms with E-state index in [1.807, 2.05) is 36.9 Å². The van der Waals surface area contributed by atoms with Crippen LogP contribution in [0.3, 0.4) is 0 Å².